The van der Waals surface area contributed by atoms with Crippen molar-refractivity contribution < 1.29 is 14.3 Å². The molecular formula is C20H24N2O3. The number of nitrogens with zero attached hydrogens (tertiary/aromatic N) is 1. The molecule has 1 heterocycles. The average molecular weight is 340 g/mol. The fourth-order valence-electron chi connectivity index (χ4n) is 2.79. The standard InChI is InChI=1S/C20H24N2O3/c1-2-3-14-24-18-8-10-19(11-9-18)25-20(23)21-22-13-12-16-6-4-5-7-17(16)15-22/h4-11H,2-3,12-15H2,1H3,(H,21,23). The number of fused-ring (bicyclic) bond motifs is 1. The zero-order valence-electron chi connectivity index (χ0n) is 14.5. The Balaban J connectivity index is 1.48. The van der Waals surface area contributed by atoms with Gasteiger partial charge in [-0.05, 0) is 48.2 Å². The first-order valence-electron chi connectivity index (χ1n) is 8.77. The van der Waals surface area contributed by atoms with Gasteiger partial charge in [-0.3, -0.25) is 5.43 Å². The second-order valence-corrected chi connectivity index (χ2v) is 6.12. The summed E-state index contributed by atoms with van der Waals surface area (Å²) in [6.45, 7) is 4.29. The predicted molar refractivity (Wildman–Crippen MR) is 96.6 cm³/mol. The van der Waals surface area contributed by atoms with Gasteiger partial charge in [-0.25, -0.2) is 9.80 Å². The lowest BCUT2D eigenvalue weighted by Gasteiger charge is -2.28. The molecule has 0 aromatic heterocycles. The fraction of sp³-hybridized carbons (Fsp3) is 0.350. The van der Waals surface area contributed by atoms with Crippen LogP contribution in [-0.4, -0.2) is 24.3 Å². The number of rotatable bonds is 6. The molecular weight excluding hydrogens is 316 g/mol. The number of nitrogens with one attached hydrogen (secondary N) is 1. The molecule has 1 aliphatic heterocycles. The van der Waals surface area contributed by atoms with E-state index in [2.05, 4.69) is 24.5 Å². The highest BCUT2D eigenvalue weighted by Gasteiger charge is 2.18. The van der Waals surface area contributed by atoms with E-state index in [1.165, 1.54) is 11.1 Å². The van der Waals surface area contributed by atoms with Crippen LogP contribution in [-0.2, 0) is 13.0 Å². The number of carbonyl (C=O) groups is 1. The number of unbranched alkanes of at least 4 members (excludes halogenated alkanes) is 1. The largest absolute Gasteiger partial charge is 0.494 e. The summed E-state index contributed by atoms with van der Waals surface area (Å²) in [5.41, 5.74) is 5.38. The van der Waals surface area contributed by atoms with Gasteiger partial charge in [0.05, 0.1) is 6.61 Å². The normalized spacial score (nSPS) is 13.8. The van der Waals surface area contributed by atoms with E-state index in [-0.39, 0.29) is 0 Å². The molecule has 1 N–H and O–H groups in total. The van der Waals surface area contributed by atoms with Crippen molar-refractivity contribution in [3.8, 4) is 11.5 Å². The van der Waals surface area contributed by atoms with Crippen LogP contribution in [0, 0.1) is 0 Å². The lowest BCUT2D eigenvalue weighted by atomic mass is 10.0. The second kappa shape index (κ2) is 8.53. The summed E-state index contributed by atoms with van der Waals surface area (Å²) < 4.78 is 10.9. The molecule has 0 unspecified atom stereocenters. The van der Waals surface area contributed by atoms with Gasteiger partial charge in [0.1, 0.15) is 11.5 Å². The van der Waals surface area contributed by atoms with Crippen LogP contribution in [0.15, 0.2) is 48.5 Å². The van der Waals surface area contributed by atoms with E-state index in [9.17, 15) is 4.79 Å². The molecule has 5 nitrogen and oxygen atoms in total. The Hall–Kier alpha value is -2.53. The van der Waals surface area contributed by atoms with E-state index in [0.29, 0.717) is 18.9 Å². The van der Waals surface area contributed by atoms with E-state index >= 15 is 0 Å². The molecule has 25 heavy (non-hydrogen) atoms. The van der Waals surface area contributed by atoms with E-state index < -0.39 is 6.09 Å². The summed E-state index contributed by atoms with van der Waals surface area (Å²) in [5, 5.41) is 1.88. The number of amides is 1. The average Bonchev–Trinajstić information content (AvgIpc) is 2.63. The molecule has 2 aromatic carbocycles. The third kappa shape index (κ3) is 4.97. The topological polar surface area (TPSA) is 50.8 Å². The molecule has 0 atom stereocenters. The van der Waals surface area contributed by atoms with Crippen LogP contribution in [0.1, 0.15) is 30.9 Å². The Bertz CT molecular complexity index is 700. The Kier molecular flexibility index (Phi) is 5.90. The van der Waals surface area contributed by atoms with Crippen LogP contribution in [0.4, 0.5) is 4.79 Å². The van der Waals surface area contributed by atoms with Gasteiger partial charge in [0.25, 0.3) is 0 Å². The van der Waals surface area contributed by atoms with Gasteiger partial charge in [-0.2, -0.15) is 0 Å². The van der Waals surface area contributed by atoms with Crippen molar-refractivity contribution in [3.63, 3.8) is 0 Å². The third-order valence-corrected chi connectivity index (χ3v) is 4.18. The molecule has 1 aliphatic rings. The zero-order valence-corrected chi connectivity index (χ0v) is 14.5. The first kappa shape index (κ1) is 17.3. The van der Waals surface area contributed by atoms with Crippen molar-refractivity contribution in [2.45, 2.75) is 32.7 Å². The van der Waals surface area contributed by atoms with Crippen molar-refractivity contribution >= 4 is 6.09 Å². The molecule has 5 heteroatoms. The van der Waals surface area contributed by atoms with Crippen molar-refractivity contribution in [3.05, 3.63) is 59.7 Å². The van der Waals surface area contributed by atoms with Gasteiger partial charge in [0.2, 0.25) is 0 Å². The van der Waals surface area contributed by atoms with Gasteiger partial charge in [0.15, 0.2) is 0 Å². The molecule has 0 spiro atoms. The minimum Gasteiger partial charge on any atom is -0.494 e. The third-order valence-electron chi connectivity index (χ3n) is 4.18. The maximum atomic E-state index is 12.1. The van der Waals surface area contributed by atoms with Gasteiger partial charge in [0, 0.05) is 13.1 Å². The number of hydrogen-bond acceptors (Lipinski definition) is 4. The van der Waals surface area contributed by atoms with Crippen LogP contribution >= 0.6 is 0 Å². The Morgan fingerprint density at radius 3 is 2.56 bits per heavy atom. The van der Waals surface area contributed by atoms with E-state index in [1.807, 2.05) is 29.3 Å². The summed E-state index contributed by atoms with van der Waals surface area (Å²) in [4.78, 5) is 12.1. The number of carbonyl (C=O) groups excluding carboxylic acids is 1. The smallest absolute Gasteiger partial charge is 0.427 e. The first-order chi connectivity index (χ1) is 12.2. The van der Waals surface area contributed by atoms with Crippen molar-refractivity contribution in [2.75, 3.05) is 13.2 Å². The summed E-state index contributed by atoms with van der Waals surface area (Å²) in [6.07, 6.45) is 2.57. The highest BCUT2D eigenvalue weighted by Crippen LogP contribution is 2.19. The number of hydrogen-bond donors (Lipinski definition) is 1. The minimum absolute atomic E-state index is 0.473. The van der Waals surface area contributed by atoms with Crippen LogP contribution < -0.4 is 14.9 Å². The van der Waals surface area contributed by atoms with Crippen molar-refractivity contribution in [1.82, 2.24) is 10.4 Å². The molecule has 0 saturated heterocycles. The van der Waals surface area contributed by atoms with Gasteiger partial charge < -0.3 is 9.47 Å². The summed E-state index contributed by atoms with van der Waals surface area (Å²) >= 11 is 0. The number of ether oxygens (including phenoxy) is 2. The highest BCUT2D eigenvalue weighted by molar-refractivity contribution is 5.69. The molecule has 0 bridgehead atoms. The molecule has 0 aliphatic carbocycles. The van der Waals surface area contributed by atoms with E-state index in [0.717, 1.165) is 31.6 Å². The quantitative estimate of drug-likeness (QED) is 0.810. The molecule has 2 aromatic rings. The summed E-state index contributed by atoms with van der Waals surface area (Å²) in [5.74, 6) is 1.28. The van der Waals surface area contributed by atoms with Crippen molar-refractivity contribution in [1.29, 1.82) is 0 Å². The Morgan fingerprint density at radius 1 is 1.08 bits per heavy atom. The van der Waals surface area contributed by atoms with Crippen molar-refractivity contribution in [2.24, 2.45) is 0 Å². The molecule has 0 fully saturated rings. The van der Waals surface area contributed by atoms with Crippen LogP contribution in [0.5, 0.6) is 11.5 Å². The number of hydrazine groups is 1. The predicted octanol–water partition coefficient (Wildman–Crippen LogP) is 3.93. The van der Waals surface area contributed by atoms with E-state index in [1.54, 1.807) is 12.1 Å². The molecule has 0 radical (unpaired) electrons. The maximum absolute atomic E-state index is 12.1. The first-order valence-corrected chi connectivity index (χ1v) is 8.77. The van der Waals surface area contributed by atoms with E-state index in [4.69, 9.17) is 9.47 Å². The Labute approximate surface area is 148 Å². The highest BCUT2D eigenvalue weighted by atomic mass is 16.6. The van der Waals surface area contributed by atoms with Gasteiger partial charge >= 0.3 is 6.09 Å². The molecule has 0 saturated carbocycles. The monoisotopic (exact) mass is 340 g/mol. The van der Waals surface area contributed by atoms with Gasteiger partial charge in [-0.1, -0.05) is 37.6 Å². The van der Waals surface area contributed by atoms with Crippen LogP contribution in [0.25, 0.3) is 0 Å². The zero-order chi connectivity index (χ0) is 17.5. The van der Waals surface area contributed by atoms with Gasteiger partial charge in [-0.15, -0.1) is 0 Å². The Morgan fingerprint density at radius 2 is 1.80 bits per heavy atom. The summed E-state index contributed by atoms with van der Waals surface area (Å²) in [6, 6.07) is 15.4. The minimum atomic E-state index is -0.473. The van der Waals surface area contributed by atoms with Crippen LogP contribution in [0.3, 0.4) is 0 Å². The second-order valence-electron chi connectivity index (χ2n) is 6.12. The fourth-order valence-corrected chi connectivity index (χ4v) is 2.79. The lowest BCUT2D eigenvalue weighted by molar-refractivity contribution is 0.135. The number of benzene rings is 2. The lowest BCUT2D eigenvalue weighted by Crippen LogP contribution is -2.46. The molecule has 132 valence electrons. The molecule has 1 amide bonds. The van der Waals surface area contributed by atoms with Crippen LogP contribution in [0.2, 0.25) is 0 Å². The maximum Gasteiger partial charge on any atom is 0.427 e. The molecule has 3 rings (SSSR count). The summed E-state index contributed by atoms with van der Waals surface area (Å²) in [7, 11) is 0. The SMILES string of the molecule is CCCCOc1ccc(OC(=O)NN2CCc3ccccc3C2)cc1.